The second-order valence-corrected chi connectivity index (χ2v) is 6.16. The molecular weight excluding hydrogens is 288 g/mol. The molecule has 110 valence electrons. The van der Waals surface area contributed by atoms with Crippen molar-refractivity contribution in [2.45, 2.75) is 0 Å². The molecule has 0 fully saturated rings. The van der Waals surface area contributed by atoms with E-state index in [0.29, 0.717) is 0 Å². The first-order valence-electron chi connectivity index (χ1n) is 8.09. The third-order valence-corrected chi connectivity index (χ3v) is 4.88. The molecule has 0 aliphatic rings. The quantitative estimate of drug-likeness (QED) is 0.254. The summed E-state index contributed by atoms with van der Waals surface area (Å²) in [5, 5.41) is 7.49. The molecule has 0 saturated heterocycles. The van der Waals surface area contributed by atoms with Gasteiger partial charge >= 0.3 is 0 Å². The zero-order chi connectivity index (χ0) is 16.1. The molecule has 24 heavy (non-hydrogen) atoms. The van der Waals surface area contributed by atoms with Crippen LogP contribution in [0.5, 0.6) is 0 Å². The van der Waals surface area contributed by atoms with Crippen molar-refractivity contribution in [3.8, 4) is 23.5 Å². The molecule has 5 rings (SSSR count). The average molecular weight is 302 g/mol. The van der Waals surface area contributed by atoms with Gasteiger partial charge in [-0.3, -0.25) is 0 Å². The van der Waals surface area contributed by atoms with Gasteiger partial charge in [-0.05, 0) is 49.5 Å². The van der Waals surface area contributed by atoms with Crippen molar-refractivity contribution in [3.63, 3.8) is 0 Å². The molecule has 0 atom stereocenters. The molecule has 5 aromatic rings. The van der Waals surface area contributed by atoms with Gasteiger partial charge < -0.3 is 0 Å². The van der Waals surface area contributed by atoms with Crippen LogP contribution in [-0.2, 0) is 0 Å². The highest BCUT2D eigenvalue weighted by Crippen LogP contribution is 2.40. The van der Waals surface area contributed by atoms with E-state index < -0.39 is 0 Å². The van der Waals surface area contributed by atoms with Gasteiger partial charge in [-0.15, -0.1) is 6.42 Å². The third-order valence-electron chi connectivity index (χ3n) is 4.88. The predicted molar refractivity (Wildman–Crippen MR) is 104 cm³/mol. The Morgan fingerprint density at radius 2 is 1.42 bits per heavy atom. The number of rotatable bonds is 1. The highest BCUT2D eigenvalue weighted by Gasteiger charge is 2.13. The van der Waals surface area contributed by atoms with Crippen molar-refractivity contribution < 1.29 is 0 Å². The van der Waals surface area contributed by atoms with Crippen molar-refractivity contribution >= 4 is 32.3 Å². The van der Waals surface area contributed by atoms with Gasteiger partial charge in [0.25, 0.3) is 0 Å². The van der Waals surface area contributed by atoms with E-state index in [0.717, 1.165) is 10.9 Å². The molecule has 0 N–H and O–H groups in total. The third kappa shape index (κ3) is 1.70. The molecular formula is C24H14. The Morgan fingerprint density at radius 1 is 0.625 bits per heavy atom. The Labute approximate surface area is 140 Å². The second kappa shape index (κ2) is 4.85. The summed E-state index contributed by atoms with van der Waals surface area (Å²) >= 11 is 0. The molecule has 0 unspecified atom stereocenters. The van der Waals surface area contributed by atoms with Gasteiger partial charge in [-0.25, -0.2) is 0 Å². The van der Waals surface area contributed by atoms with Crippen molar-refractivity contribution in [2.75, 3.05) is 0 Å². The van der Waals surface area contributed by atoms with Gasteiger partial charge in [0.2, 0.25) is 0 Å². The highest BCUT2D eigenvalue weighted by atomic mass is 14.2. The lowest BCUT2D eigenvalue weighted by molar-refractivity contribution is 1.66. The van der Waals surface area contributed by atoms with Gasteiger partial charge in [0.05, 0.1) is 0 Å². The fourth-order valence-corrected chi connectivity index (χ4v) is 3.82. The number of terminal acetylenes is 1. The number of hydrogen-bond acceptors (Lipinski definition) is 0. The first kappa shape index (κ1) is 13.2. The van der Waals surface area contributed by atoms with Crippen molar-refractivity contribution in [3.05, 3.63) is 84.4 Å². The van der Waals surface area contributed by atoms with Crippen LogP contribution in [-0.4, -0.2) is 0 Å². The van der Waals surface area contributed by atoms with E-state index in [2.05, 4.69) is 84.8 Å². The maximum Gasteiger partial charge on any atom is 0.0327 e. The van der Waals surface area contributed by atoms with E-state index in [-0.39, 0.29) is 0 Å². The summed E-state index contributed by atoms with van der Waals surface area (Å²) in [6.45, 7) is 0. The van der Waals surface area contributed by atoms with Crippen LogP contribution in [0.15, 0.2) is 78.9 Å². The first-order valence-corrected chi connectivity index (χ1v) is 8.09. The van der Waals surface area contributed by atoms with Crippen LogP contribution >= 0.6 is 0 Å². The summed E-state index contributed by atoms with van der Waals surface area (Å²) in [5.41, 5.74) is 3.45. The largest absolute Gasteiger partial charge is 0.115 e. The Bertz CT molecular complexity index is 1240. The second-order valence-electron chi connectivity index (χ2n) is 6.16. The van der Waals surface area contributed by atoms with Gasteiger partial charge in [-0.1, -0.05) is 78.7 Å². The van der Waals surface area contributed by atoms with Crippen molar-refractivity contribution in [1.82, 2.24) is 0 Å². The van der Waals surface area contributed by atoms with Crippen LogP contribution in [0, 0.1) is 12.3 Å². The fourth-order valence-electron chi connectivity index (χ4n) is 3.82. The summed E-state index contributed by atoms with van der Waals surface area (Å²) in [6.07, 6.45) is 5.79. The Balaban J connectivity index is 2.05. The van der Waals surface area contributed by atoms with E-state index in [1.54, 1.807) is 0 Å². The average Bonchev–Trinajstić information content (AvgIpc) is 2.66. The Kier molecular flexibility index (Phi) is 2.66. The molecule has 0 saturated carbocycles. The molecule has 0 heterocycles. The summed E-state index contributed by atoms with van der Waals surface area (Å²) in [4.78, 5) is 0. The molecule has 0 aliphatic carbocycles. The van der Waals surface area contributed by atoms with Gasteiger partial charge in [-0.2, -0.15) is 0 Å². The fraction of sp³-hybridized carbons (Fsp3) is 0. The normalized spacial score (nSPS) is 11.3. The van der Waals surface area contributed by atoms with Crippen LogP contribution in [0.1, 0.15) is 5.56 Å². The summed E-state index contributed by atoms with van der Waals surface area (Å²) in [7, 11) is 0. The molecule has 0 radical (unpaired) electrons. The molecule has 0 aliphatic heterocycles. The number of benzene rings is 5. The maximum absolute atomic E-state index is 5.79. The predicted octanol–water partition coefficient (Wildman–Crippen LogP) is 6.23. The number of hydrogen-bond donors (Lipinski definition) is 0. The minimum Gasteiger partial charge on any atom is -0.115 e. The van der Waals surface area contributed by atoms with E-state index in [1.165, 1.54) is 38.1 Å². The van der Waals surface area contributed by atoms with Crippen LogP contribution < -0.4 is 0 Å². The minimum atomic E-state index is 0.964. The molecule has 0 nitrogen and oxygen atoms in total. The zero-order valence-electron chi connectivity index (χ0n) is 13.1. The lowest BCUT2D eigenvalue weighted by Gasteiger charge is -2.15. The molecule has 5 aromatic carbocycles. The zero-order valence-corrected chi connectivity index (χ0v) is 13.1. The van der Waals surface area contributed by atoms with E-state index in [4.69, 9.17) is 6.42 Å². The lowest BCUT2D eigenvalue weighted by atomic mass is 9.88. The lowest BCUT2D eigenvalue weighted by Crippen LogP contribution is -1.89. The van der Waals surface area contributed by atoms with Gasteiger partial charge in [0.15, 0.2) is 0 Å². The van der Waals surface area contributed by atoms with E-state index in [1.807, 2.05) is 0 Å². The monoisotopic (exact) mass is 302 g/mol. The van der Waals surface area contributed by atoms with Crippen LogP contribution in [0.2, 0.25) is 0 Å². The molecule has 0 aromatic heterocycles. The summed E-state index contributed by atoms with van der Waals surface area (Å²) in [5.74, 6) is 2.87. The Morgan fingerprint density at radius 3 is 2.25 bits per heavy atom. The summed E-state index contributed by atoms with van der Waals surface area (Å²) in [6, 6.07) is 27.9. The molecule has 0 bridgehead atoms. The Hall–Kier alpha value is -3.30. The highest BCUT2D eigenvalue weighted by molar-refractivity contribution is 6.26. The standard InChI is InChI=1S/C24H14/c1-2-16-15-19-10-6-9-18-11-12-22-20(17-7-4-3-5-8-17)13-14-21(16)24(22)23(18)19/h1,3-15H. The maximum atomic E-state index is 5.79. The first-order chi connectivity index (χ1) is 11.9. The topological polar surface area (TPSA) is 0 Å². The molecule has 0 spiro atoms. The van der Waals surface area contributed by atoms with Gasteiger partial charge in [0, 0.05) is 5.56 Å². The van der Waals surface area contributed by atoms with Gasteiger partial charge in [0.1, 0.15) is 0 Å². The smallest absolute Gasteiger partial charge is 0.0327 e. The van der Waals surface area contributed by atoms with Crippen LogP contribution in [0.25, 0.3) is 43.4 Å². The van der Waals surface area contributed by atoms with Crippen LogP contribution in [0.3, 0.4) is 0 Å². The van der Waals surface area contributed by atoms with E-state index in [9.17, 15) is 0 Å². The van der Waals surface area contributed by atoms with E-state index >= 15 is 0 Å². The SMILES string of the molecule is C#Cc1cc2cccc3ccc4c(-c5ccccc5)ccc1c4c32. The van der Waals surface area contributed by atoms with Crippen molar-refractivity contribution in [1.29, 1.82) is 0 Å². The van der Waals surface area contributed by atoms with Crippen LogP contribution in [0.4, 0.5) is 0 Å². The minimum absolute atomic E-state index is 0.964. The summed E-state index contributed by atoms with van der Waals surface area (Å²) < 4.78 is 0. The molecule has 0 heteroatoms. The molecule has 0 amide bonds. The van der Waals surface area contributed by atoms with Crippen molar-refractivity contribution in [2.24, 2.45) is 0 Å².